The second-order valence-electron chi connectivity index (χ2n) is 4.61. The van der Waals surface area contributed by atoms with Crippen LogP contribution in [0.25, 0.3) is 0 Å². The molecule has 98 valence electrons. The van der Waals surface area contributed by atoms with Crippen molar-refractivity contribution < 1.29 is 9.90 Å². The molecule has 0 aromatic heterocycles. The highest BCUT2D eigenvalue weighted by molar-refractivity contribution is 5.87. The minimum absolute atomic E-state index is 0.320. The first-order chi connectivity index (χ1) is 9.08. The Labute approximate surface area is 112 Å². The zero-order valence-electron chi connectivity index (χ0n) is 11.1. The average Bonchev–Trinajstić information content (AvgIpc) is 2.41. The van der Waals surface area contributed by atoms with Gasteiger partial charge in [0.2, 0.25) is 0 Å². The molecule has 0 amide bonds. The third-order valence-corrected chi connectivity index (χ3v) is 3.26. The largest absolute Gasteiger partial charge is 0.478 e. The molecule has 0 fully saturated rings. The van der Waals surface area contributed by atoms with E-state index < -0.39 is 5.97 Å². The second kappa shape index (κ2) is 5.57. The number of carboxylic acid groups (broad SMARTS) is 1. The first kappa shape index (κ1) is 13.1. The van der Waals surface area contributed by atoms with Crippen LogP contribution in [0.2, 0.25) is 0 Å². The molecule has 2 aromatic rings. The summed E-state index contributed by atoms with van der Waals surface area (Å²) in [4.78, 5) is 10.9. The number of anilines is 1. The molecule has 2 rings (SSSR count). The van der Waals surface area contributed by atoms with Crippen molar-refractivity contribution in [1.29, 1.82) is 0 Å². The smallest absolute Gasteiger partial charge is 0.335 e. The first-order valence-electron chi connectivity index (χ1n) is 6.20. The molecule has 0 aliphatic rings. The summed E-state index contributed by atoms with van der Waals surface area (Å²) in [5.41, 5.74) is 4.82. The van der Waals surface area contributed by atoms with E-state index in [1.807, 2.05) is 18.2 Å². The molecule has 19 heavy (non-hydrogen) atoms. The van der Waals surface area contributed by atoms with Gasteiger partial charge < -0.3 is 10.4 Å². The van der Waals surface area contributed by atoms with E-state index in [9.17, 15) is 4.79 Å². The number of nitrogens with one attached hydrogen (secondary N) is 1. The van der Waals surface area contributed by atoms with E-state index in [-0.39, 0.29) is 0 Å². The van der Waals surface area contributed by atoms with Gasteiger partial charge >= 0.3 is 5.97 Å². The van der Waals surface area contributed by atoms with Gasteiger partial charge in [0, 0.05) is 12.2 Å². The zero-order chi connectivity index (χ0) is 13.8. The number of rotatable bonds is 4. The van der Waals surface area contributed by atoms with Crippen LogP contribution in [-0.2, 0) is 6.54 Å². The summed E-state index contributed by atoms with van der Waals surface area (Å²) in [6.45, 7) is 4.77. The average molecular weight is 255 g/mol. The fraction of sp³-hybridized carbons (Fsp3) is 0.188. The molecule has 0 spiro atoms. The molecule has 0 aliphatic carbocycles. The monoisotopic (exact) mass is 255 g/mol. The maximum absolute atomic E-state index is 10.9. The van der Waals surface area contributed by atoms with Crippen LogP contribution < -0.4 is 5.32 Å². The summed E-state index contributed by atoms with van der Waals surface area (Å²) in [6.07, 6.45) is 0. The Bertz CT molecular complexity index is 605. The van der Waals surface area contributed by atoms with E-state index in [4.69, 9.17) is 5.11 Å². The van der Waals surface area contributed by atoms with Crippen molar-refractivity contribution in [2.75, 3.05) is 5.32 Å². The molecule has 0 saturated carbocycles. The second-order valence-corrected chi connectivity index (χ2v) is 4.61. The van der Waals surface area contributed by atoms with E-state index in [2.05, 4.69) is 25.2 Å². The highest BCUT2D eigenvalue weighted by Gasteiger charge is 2.04. The Morgan fingerprint density at radius 3 is 2.63 bits per heavy atom. The van der Waals surface area contributed by atoms with E-state index in [0.717, 1.165) is 11.3 Å². The van der Waals surface area contributed by atoms with Gasteiger partial charge in [-0.05, 0) is 48.7 Å². The van der Waals surface area contributed by atoms with Crippen LogP contribution in [-0.4, -0.2) is 11.1 Å². The standard InChI is InChI=1S/C16H17NO2/c1-11-5-3-8-15(12(11)2)17-10-13-6-4-7-14(9-13)16(18)19/h3-9,17H,10H2,1-2H3,(H,18,19). The fourth-order valence-corrected chi connectivity index (χ4v) is 1.95. The molecule has 0 heterocycles. The van der Waals surface area contributed by atoms with Crippen molar-refractivity contribution in [2.45, 2.75) is 20.4 Å². The van der Waals surface area contributed by atoms with Gasteiger partial charge in [0.05, 0.1) is 5.56 Å². The van der Waals surface area contributed by atoms with Crippen molar-refractivity contribution in [3.05, 3.63) is 64.7 Å². The number of aromatic carboxylic acids is 1. The molecule has 0 aliphatic heterocycles. The van der Waals surface area contributed by atoms with Gasteiger partial charge in [-0.15, -0.1) is 0 Å². The Morgan fingerprint density at radius 1 is 1.16 bits per heavy atom. The van der Waals surface area contributed by atoms with Gasteiger partial charge in [-0.1, -0.05) is 24.3 Å². The summed E-state index contributed by atoms with van der Waals surface area (Å²) in [6, 6.07) is 13.1. The third-order valence-electron chi connectivity index (χ3n) is 3.26. The van der Waals surface area contributed by atoms with Crippen molar-refractivity contribution in [1.82, 2.24) is 0 Å². The molecule has 2 N–H and O–H groups in total. The molecule has 3 nitrogen and oxygen atoms in total. The molecule has 2 aromatic carbocycles. The fourth-order valence-electron chi connectivity index (χ4n) is 1.95. The number of hydrogen-bond acceptors (Lipinski definition) is 2. The summed E-state index contributed by atoms with van der Waals surface area (Å²) >= 11 is 0. The zero-order valence-corrected chi connectivity index (χ0v) is 11.1. The summed E-state index contributed by atoms with van der Waals surface area (Å²) < 4.78 is 0. The molecule has 3 heteroatoms. The number of carbonyl (C=O) groups is 1. The van der Waals surface area contributed by atoms with Crippen molar-refractivity contribution >= 4 is 11.7 Å². The molecular formula is C16H17NO2. The minimum Gasteiger partial charge on any atom is -0.478 e. The molecule has 0 saturated heterocycles. The Kier molecular flexibility index (Phi) is 3.85. The van der Waals surface area contributed by atoms with Gasteiger partial charge in [0.1, 0.15) is 0 Å². The van der Waals surface area contributed by atoms with Crippen LogP contribution in [0.4, 0.5) is 5.69 Å². The number of benzene rings is 2. The Hall–Kier alpha value is -2.29. The predicted molar refractivity (Wildman–Crippen MR) is 76.6 cm³/mol. The van der Waals surface area contributed by atoms with Gasteiger partial charge in [-0.25, -0.2) is 4.79 Å². The normalized spacial score (nSPS) is 10.2. The van der Waals surface area contributed by atoms with Gasteiger partial charge in [0.25, 0.3) is 0 Å². The van der Waals surface area contributed by atoms with E-state index in [0.29, 0.717) is 12.1 Å². The van der Waals surface area contributed by atoms with E-state index >= 15 is 0 Å². The van der Waals surface area contributed by atoms with Crippen LogP contribution in [0.1, 0.15) is 27.0 Å². The molecule has 0 atom stereocenters. The van der Waals surface area contributed by atoms with Crippen molar-refractivity contribution in [2.24, 2.45) is 0 Å². The lowest BCUT2D eigenvalue weighted by Crippen LogP contribution is -2.03. The summed E-state index contributed by atoms with van der Waals surface area (Å²) in [7, 11) is 0. The number of aryl methyl sites for hydroxylation is 1. The maximum atomic E-state index is 10.9. The molecule has 0 bridgehead atoms. The highest BCUT2D eigenvalue weighted by atomic mass is 16.4. The van der Waals surface area contributed by atoms with Gasteiger partial charge in [0.15, 0.2) is 0 Å². The van der Waals surface area contributed by atoms with Crippen molar-refractivity contribution in [3.8, 4) is 0 Å². The van der Waals surface area contributed by atoms with Crippen LogP contribution in [0, 0.1) is 13.8 Å². The minimum atomic E-state index is -0.895. The molecular weight excluding hydrogens is 238 g/mol. The van der Waals surface area contributed by atoms with Crippen LogP contribution in [0.5, 0.6) is 0 Å². The molecule has 0 unspecified atom stereocenters. The topological polar surface area (TPSA) is 49.3 Å². The lowest BCUT2D eigenvalue weighted by molar-refractivity contribution is 0.0697. The number of carboxylic acids is 1. The van der Waals surface area contributed by atoms with E-state index in [1.54, 1.807) is 18.2 Å². The predicted octanol–water partition coefficient (Wildman–Crippen LogP) is 3.61. The summed E-state index contributed by atoms with van der Waals surface area (Å²) in [5.74, 6) is -0.895. The lowest BCUT2D eigenvalue weighted by Gasteiger charge is -2.11. The van der Waals surface area contributed by atoms with Crippen LogP contribution in [0.15, 0.2) is 42.5 Å². The molecule has 0 radical (unpaired) electrons. The van der Waals surface area contributed by atoms with Crippen molar-refractivity contribution in [3.63, 3.8) is 0 Å². The highest BCUT2D eigenvalue weighted by Crippen LogP contribution is 2.19. The van der Waals surface area contributed by atoms with Crippen LogP contribution >= 0.6 is 0 Å². The first-order valence-corrected chi connectivity index (χ1v) is 6.20. The number of hydrogen-bond donors (Lipinski definition) is 2. The Morgan fingerprint density at radius 2 is 1.89 bits per heavy atom. The van der Waals surface area contributed by atoms with E-state index in [1.165, 1.54) is 11.1 Å². The summed E-state index contributed by atoms with van der Waals surface area (Å²) in [5, 5.41) is 12.3. The van der Waals surface area contributed by atoms with Gasteiger partial charge in [-0.2, -0.15) is 0 Å². The lowest BCUT2D eigenvalue weighted by atomic mass is 10.1. The SMILES string of the molecule is Cc1cccc(NCc2cccc(C(=O)O)c2)c1C. The maximum Gasteiger partial charge on any atom is 0.335 e. The van der Waals surface area contributed by atoms with Gasteiger partial charge in [-0.3, -0.25) is 0 Å². The third kappa shape index (κ3) is 3.13. The van der Waals surface area contributed by atoms with Crippen LogP contribution in [0.3, 0.4) is 0 Å². The quantitative estimate of drug-likeness (QED) is 0.877. The Balaban J connectivity index is 2.12.